The molecule has 0 spiro atoms. The largest absolute Gasteiger partial charge is 0.468 e. The maximum Gasteiger partial charge on any atom is 0.442 e. The fourth-order valence-corrected chi connectivity index (χ4v) is 3.45. The number of piperazine rings is 1. The molecule has 0 radical (unpaired) electrons. The minimum Gasteiger partial charge on any atom is -0.468 e. The molecule has 1 aromatic carbocycles. The van der Waals surface area contributed by atoms with Crippen molar-refractivity contribution in [3.63, 3.8) is 0 Å². The van der Waals surface area contributed by atoms with Crippen molar-refractivity contribution in [2.24, 2.45) is 0 Å². The maximum absolute atomic E-state index is 12.3. The van der Waals surface area contributed by atoms with Crippen molar-refractivity contribution in [1.82, 2.24) is 9.80 Å². The van der Waals surface area contributed by atoms with E-state index in [1.54, 1.807) is 24.3 Å². The number of amides is 1. The van der Waals surface area contributed by atoms with E-state index in [4.69, 9.17) is 16.3 Å². The van der Waals surface area contributed by atoms with Gasteiger partial charge in [0.1, 0.15) is 6.04 Å². The van der Waals surface area contributed by atoms with E-state index in [0.717, 1.165) is 0 Å². The van der Waals surface area contributed by atoms with Gasteiger partial charge in [0.25, 0.3) is 0 Å². The summed E-state index contributed by atoms with van der Waals surface area (Å²) in [5.41, 5.74) is -3.84. The summed E-state index contributed by atoms with van der Waals surface area (Å²) >= 11 is 5.85. The average molecular weight is 411 g/mol. The van der Waals surface area contributed by atoms with Crippen LogP contribution >= 0.6 is 23.4 Å². The number of benzene rings is 1. The Kier molecular flexibility index (Phi) is 7.19. The third-order valence-electron chi connectivity index (χ3n) is 4.02. The van der Waals surface area contributed by atoms with Gasteiger partial charge in [0.15, 0.2) is 0 Å². The number of thioether (sulfide) groups is 1. The average Bonchev–Trinajstić information content (AvgIpc) is 2.61. The van der Waals surface area contributed by atoms with Crippen LogP contribution in [-0.2, 0) is 14.3 Å². The summed E-state index contributed by atoms with van der Waals surface area (Å²) in [6, 6.07) is 6.17. The molecule has 5 nitrogen and oxygen atoms in total. The van der Waals surface area contributed by atoms with Crippen molar-refractivity contribution in [2.45, 2.75) is 11.6 Å². The lowest BCUT2D eigenvalue weighted by atomic mass is 10.0. The normalized spacial score (nSPS) is 17.0. The van der Waals surface area contributed by atoms with Crippen molar-refractivity contribution in [1.29, 1.82) is 0 Å². The predicted octanol–water partition coefficient (Wildman–Crippen LogP) is 2.95. The first kappa shape index (κ1) is 20.9. The van der Waals surface area contributed by atoms with Crippen LogP contribution in [0.4, 0.5) is 13.2 Å². The number of rotatable bonds is 5. The highest BCUT2D eigenvalue weighted by Gasteiger charge is 2.35. The van der Waals surface area contributed by atoms with Crippen LogP contribution in [0.25, 0.3) is 0 Å². The van der Waals surface area contributed by atoms with Gasteiger partial charge in [-0.3, -0.25) is 9.69 Å². The van der Waals surface area contributed by atoms with Crippen LogP contribution in [0.2, 0.25) is 5.02 Å². The Morgan fingerprint density at radius 1 is 1.23 bits per heavy atom. The Balaban J connectivity index is 2.03. The monoisotopic (exact) mass is 410 g/mol. The van der Waals surface area contributed by atoms with Gasteiger partial charge in [-0.25, -0.2) is 4.79 Å². The molecule has 0 saturated carbocycles. The molecule has 1 amide bonds. The topological polar surface area (TPSA) is 49.9 Å². The van der Waals surface area contributed by atoms with Gasteiger partial charge in [-0.15, -0.1) is 0 Å². The van der Waals surface area contributed by atoms with Gasteiger partial charge in [-0.1, -0.05) is 29.8 Å². The van der Waals surface area contributed by atoms with E-state index in [-0.39, 0.29) is 24.9 Å². The SMILES string of the molecule is COC(=O)C(c1ccccc1Cl)N1CCN(C(=O)CSC(F)(F)F)CC1. The summed E-state index contributed by atoms with van der Waals surface area (Å²) in [5.74, 6) is -1.70. The Morgan fingerprint density at radius 2 is 1.85 bits per heavy atom. The van der Waals surface area contributed by atoms with Crippen LogP contribution < -0.4 is 0 Å². The summed E-state index contributed by atoms with van der Waals surface area (Å²) in [7, 11) is 1.28. The fraction of sp³-hybridized carbons (Fsp3) is 0.500. The highest BCUT2D eigenvalue weighted by atomic mass is 35.5. The lowest BCUT2D eigenvalue weighted by Crippen LogP contribution is -2.51. The highest BCUT2D eigenvalue weighted by molar-refractivity contribution is 8.00. The first-order valence-electron chi connectivity index (χ1n) is 7.77. The number of hydrogen-bond donors (Lipinski definition) is 0. The number of esters is 1. The van der Waals surface area contributed by atoms with Crippen LogP contribution in [0.15, 0.2) is 24.3 Å². The molecular formula is C16H18ClF3N2O3S. The molecule has 144 valence electrons. The zero-order valence-electron chi connectivity index (χ0n) is 14.0. The molecule has 0 aromatic heterocycles. The van der Waals surface area contributed by atoms with E-state index in [1.165, 1.54) is 12.0 Å². The molecule has 1 aromatic rings. The molecule has 1 atom stereocenters. The zero-order valence-corrected chi connectivity index (χ0v) is 15.5. The van der Waals surface area contributed by atoms with E-state index >= 15 is 0 Å². The molecule has 1 unspecified atom stereocenters. The zero-order chi connectivity index (χ0) is 19.3. The van der Waals surface area contributed by atoms with E-state index in [2.05, 4.69) is 0 Å². The van der Waals surface area contributed by atoms with Gasteiger partial charge in [-0.2, -0.15) is 13.2 Å². The van der Waals surface area contributed by atoms with Crippen LogP contribution in [0, 0.1) is 0 Å². The molecule has 0 bridgehead atoms. The van der Waals surface area contributed by atoms with Crippen LogP contribution in [0.3, 0.4) is 0 Å². The predicted molar refractivity (Wildman–Crippen MR) is 92.9 cm³/mol. The maximum atomic E-state index is 12.3. The molecule has 1 heterocycles. The van der Waals surface area contributed by atoms with Gasteiger partial charge in [0, 0.05) is 31.2 Å². The molecule has 1 saturated heterocycles. The van der Waals surface area contributed by atoms with Crippen molar-refractivity contribution in [3.05, 3.63) is 34.9 Å². The Morgan fingerprint density at radius 3 is 2.38 bits per heavy atom. The van der Waals surface area contributed by atoms with Gasteiger partial charge < -0.3 is 9.64 Å². The second-order valence-electron chi connectivity index (χ2n) is 5.60. The summed E-state index contributed by atoms with van der Waals surface area (Å²) in [6.45, 7) is 1.12. The lowest BCUT2D eigenvalue weighted by molar-refractivity contribution is -0.148. The number of methoxy groups -OCH3 is 1. The number of alkyl halides is 3. The molecule has 2 rings (SSSR count). The van der Waals surface area contributed by atoms with Gasteiger partial charge in [0.05, 0.1) is 12.9 Å². The number of carbonyl (C=O) groups is 2. The van der Waals surface area contributed by atoms with Crippen LogP contribution in [0.5, 0.6) is 0 Å². The second-order valence-corrected chi connectivity index (χ2v) is 7.05. The molecule has 0 aliphatic carbocycles. The van der Waals surface area contributed by atoms with Crippen molar-refractivity contribution >= 4 is 35.2 Å². The van der Waals surface area contributed by atoms with E-state index in [0.29, 0.717) is 23.7 Å². The Bertz CT molecular complexity index is 652. The lowest BCUT2D eigenvalue weighted by Gasteiger charge is -2.38. The molecular weight excluding hydrogens is 393 g/mol. The van der Waals surface area contributed by atoms with E-state index in [9.17, 15) is 22.8 Å². The first-order valence-corrected chi connectivity index (χ1v) is 9.14. The molecule has 1 aliphatic rings. The van der Waals surface area contributed by atoms with E-state index < -0.39 is 29.2 Å². The minimum atomic E-state index is -4.43. The summed E-state index contributed by atoms with van der Waals surface area (Å²) in [5, 5.41) is 0.419. The van der Waals surface area contributed by atoms with Gasteiger partial charge in [0.2, 0.25) is 5.91 Å². The van der Waals surface area contributed by atoms with Crippen LogP contribution in [-0.4, -0.2) is 66.2 Å². The van der Waals surface area contributed by atoms with Crippen molar-refractivity contribution in [3.8, 4) is 0 Å². The Labute approximate surface area is 158 Å². The first-order chi connectivity index (χ1) is 12.2. The van der Waals surface area contributed by atoms with Crippen LogP contribution in [0.1, 0.15) is 11.6 Å². The molecule has 0 N–H and O–H groups in total. The summed E-state index contributed by atoms with van der Waals surface area (Å²) in [6.07, 6.45) is 0. The highest BCUT2D eigenvalue weighted by Crippen LogP contribution is 2.31. The number of halogens is 4. The minimum absolute atomic E-state index is 0.231. The smallest absolute Gasteiger partial charge is 0.442 e. The third-order valence-corrected chi connectivity index (χ3v) is 5.08. The van der Waals surface area contributed by atoms with Gasteiger partial charge in [-0.05, 0) is 23.4 Å². The fourth-order valence-electron chi connectivity index (χ4n) is 2.75. The summed E-state index contributed by atoms with van der Waals surface area (Å²) in [4.78, 5) is 27.4. The van der Waals surface area contributed by atoms with Crippen molar-refractivity contribution < 1.29 is 27.5 Å². The number of carbonyl (C=O) groups excluding carboxylic acids is 2. The number of hydrogen-bond acceptors (Lipinski definition) is 5. The second kappa shape index (κ2) is 8.96. The molecule has 10 heteroatoms. The summed E-state index contributed by atoms with van der Waals surface area (Å²) < 4.78 is 41.6. The van der Waals surface area contributed by atoms with Gasteiger partial charge >= 0.3 is 11.5 Å². The standard InChI is InChI=1S/C16H18ClF3N2O3S/c1-25-15(24)14(11-4-2-3-5-12(11)17)22-8-6-21(7-9-22)13(23)10-26-16(18,19)20/h2-5,14H,6-10H2,1H3. The number of ether oxygens (including phenoxy) is 1. The van der Waals surface area contributed by atoms with E-state index in [1.807, 2.05) is 4.90 Å². The molecule has 26 heavy (non-hydrogen) atoms. The molecule has 1 aliphatic heterocycles. The molecule has 1 fully saturated rings. The quantitative estimate of drug-likeness (QED) is 0.698. The number of nitrogens with zero attached hydrogens (tertiary/aromatic N) is 2. The van der Waals surface area contributed by atoms with Crippen molar-refractivity contribution in [2.75, 3.05) is 39.0 Å². The Hall–Kier alpha value is -1.45. The third kappa shape index (κ3) is 5.52.